The largest absolute Gasteiger partial charge is 0.331 e. The molecule has 32 heavy (non-hydrogen) atoms. The number of hydrogen-bond donors (Lipinski definition) is 0. The number of hydrogen-bond acceptors (Lipinski definition) is 6. The average molecular weight is 436 g/mol. The van der Waals surface area contributed by atoms with Crippen molar-refractivity contribution in [3.8, 4) is 5.82 Å². The molecule has 2 fully saturated rings. The summed E-state index contributed by atoms with van der Waals surface area (Å²) in [6.45, 7) is 2.91. The van der Waals surface area contributed by atoms with Gasteiger partial charge in [-0.1, -0.05) is 12.1 Å². The summed E-state index contributed by atoms with van der Waals surface area (Å²) in [6, 6.07) is 9.96. The lowest BCUT2D eigenvalue weighted by molar-refractivity contribution is -0.0272. The van der Waals surface area contributed by atoms with Crippen LogP contribution in [0.1, 0.15) is 41.4 Å². The molecule has 0 spiro atoms. The van der Waals surface area contributed by atoms with Crippen LogP contribution in [0.4, 0.5) is 14.7 Å². The third-order valence-corrected chi connectivity index (χ3v) is 6.26. The number of aryl methyl sites for hydroxylation is 3. The molecule has 1 aliphatic carbocycles. The molecular formula is C22H22F2N8. The van der Waals surface area contributed by atoms with Gasteiger partial charge in [-0.2, -0.15) is 9.67 Å². The number of alkyl halides is 2. The topological polar surface area (TPSA) is 77.5 Å². The minimum Gasteiger partial charge on any atom is -0.331 e. The standard InChI is InChI=1S/C22H22F2N8/c1-12-25-13(2)32(29-12)19-9-17(27-21(28-19)31-10-22(23,24)11-31)14-8-15(14)20-26-16-6-4-5-7-18(16)30(20)3/h4-7,9,14-15H,8,10-11H2,1-3H3/t14-,15-/m1/s1. The number of para-hydroxylation sites is 2. The molecule has 2 aliphatic rings. The molecule has 10 heteroatoms. The maximum atomic E-state index is 13.5. The molecule has 1 saturated heterocycles. The maximum Gasteiger partial charge on any atom is 0.282 e. The van der Waals surface area contributed by atoms with E-state index in [0.29, 0.717) is 23.4 Å². The number of nitrogens with zero attached hydrogens (tertiary/aromatic N) is 8. The van der Waals surface area contributed by atoms with E-state index in [0.717, 1.165) is 29.0 Å². The van der Waals surface area contributed by atoms with E-state index in [1.807, 2.05) is 45.2 Å². The Labute approximate surface area is 182 Å². The number of benzene rings is 1. The number of anilines is 1. The van der Waals surface area contributed by atoms with Crippen LogP contribution >= 0.6 is 0 Å². The number of imidazole rings is 1. The van der Waals surface area contributed by atoms with Crippen molar-refractivity contribution in [3.63, 3.8) is 0 Å². The van der Waals surface area contributed by atoms with Gasteiger partial charge in [-0.05, 0) is 32.4 Å². The molecule has 3 aromatic heterocycles. The van der Waals surface area contributed by atoms with Gasteiger partial charge in [0.05, 0.1) is 29.8 Å². The Morgan fingerprint density at radius 1 is 1.00 bits per heavy atom. The van der Waals surface area contributed by atoms with Crippen molar-refractivity contribution in [1.82, 2.24) is 34.3 Å². The van der Waals surface area contributed by atoms with Crippen LogP contribution in [0.3, 0.4) is 0 Å². The molecule has 0 unspecified atom stereocenters. The first kappa shape index (κ1) is 19.3. The Balaban J connectivity index is 1.38. The van der Waals surface area contributed by atoms with E-state index < -0.39 is 5.92 Å². The summed E-state index contributed by atoms with van der Waals surface area (Å²) in [4.78, 5) is 19.9. The van der Waals surface area contributed by atoms with Crippen LogP contribution in [0.25, 0.3) is 16.9 Å². The molecule has 4 heterocycles. The number of aromatic nitrogens is 7. The van der Waals surface area contributed by atoms with Crippen molar-refractivity contribution in [2.75, 3.05) is 18.0 Å². The van der Waals surface area contributed by atoms with Gasteiger partial charge in [-0.25, -0.2) is 23.7 Å². The van der Waals surface area contributed by atoms with Gasteiger partial charge in [0, 0.05) is 24.9 Å². The summed E-state index contributed by atoms with van der Waals surface area (Å²) in [5.41, 5.74) is 2.88. The zero-order valence-corrected chi connectivity index (χ0v) is 18.0. The zero-order valence-electron chi connectivity index (χ0n) is 18.0. The highest BCUT2D eigenvalue weighted by Crippen LogP contribution is 2.54. The van der Waals surface area contributed by atoms with Gasteiger partial charge < -0.3 is 9.47 Å². The van der Waals surface area contributed by atoms with Crippen molar-refractivity contribution in [3.05, 3.63) is 53.5 Å². The van der Waals surface area contributed by atoms with E-state index in [-0.39, 0.29) is 24.9 Å². The highest BCUT2D eigenvalue weighted by molar-refractivity contribution is 5.76. The molecule has 0 N–H and O–H groups in total. The summed E-state index contributed by atoms with van der Waals surface area (Å²) in [5, 5.41) is 4.43. The Morgan fingerprint density at radius 2 is 1.78 bits per heavy atom. The molecule has 2 atom stereocenters. The van der Waals surface area contributed by atoms with Crippen LogP contribution in [0.5, 0.6) is 0 Å². The second-order valence-electron chi connectivity index (χ2n) is 8.75. The van der Waals surface area contributed by atoms with Crippen LogP contribution in [0.2, 0.25) is 0 Å². The molecule has 0 amide bonds. The fraction of sp³-hybridized carbons (Fsp3) is 0.409. The van der Waals surface area contributed by atoms with Crippen molar-refractivity contribution in [2.45, 2.75) is 38.0 Å². The predicted octanol–water partition coefficient (Wildman–Crippen LogP) is 3.29. The number of halogens is 2. The molecule has 0 bridgehead atoms. The molecule has 6 rings (SSSR count). The minimum atomic E-state index is -2.70. The van der Waals surface area contributed by atoms with E-state index in [4.69, 9.17) is 4.98 Å². The van der Waals surface area contributed by atoms with Crippen molar-refractivity contribution >= 4 is 17.0 Å². The van der Waals surface area contributed by atoms with Gasteiger partial charge in [-0.3, -0.25) is 0 Å². The summed E-state index contributed by atoms with van der Waals surface area (Å²) in [7, 11) is 2.03. The van der Waals surface area contributed by atoms with E-state index in [1.54, 1.807) is 4.68 Å². The second kappa shape index (κ2) is 6.54. The van der Waals surface area contributed by atoms with Gasteiger partial charge in [0.2, 0.25) is 5.95 Å². The average Bonchev–Trinajstić information content (AvgIpc) is 3.37. The molecule has 0 radical (unpaired) electrons. The first-order valence-electron chi connectivity index (χ1n) is 10.6. The lowest BCUT2D eigenvalue weighted by atomic mass is 10.1. The summed E-state index contributed by atoms with van der Waals surface area (Å²) < 4.78 is 30.8. The van der Waals surface area contributed by atoms with E-state index in [9.17, 15) is 8.78 Å². The highest BCUT2D eigenvalue weighted by atomic mass is 19.3. The molecule has 164 valence electrons. The predicted molar refractivity (Wildman–Crippen MR) is 114 cm³/mol. The number of rotatable bonds is 4. The fourth-order valence-corrected chi connectivity index (χ4v) is 4.57. The van der Waals surface area contributed by atoms with Gasteiger partial charge in [0.15, 0.2) is 5.82 Å². The summed E-state index contributed by atoms with van der Waals surface area (Å²) in [5.74, 6) is 0.867. The third-order valence-electron chi connectivity index (χ3n) is 6.26. The first-order valence-corrected chi connectivity index (χ1v) is 10.6. The Morgan fingerprint density at radius 3 is 2.47 bits per heavy atom. The van der Waals surface area contributed by atoms with E-state index in [1.165, 1.54) is 4.90 Å². The molecule has 4 aromatic rings. The smallest absolute Gasteiger partial charge is 0.282 e. The van der Waals surface area contributed by atoms with Gasteiger partial charge in [0.1, 0.15) is 17.5 Å². The van der Waals surface area contributed by atoms with Gasteiger partial charge in [0.25, 0.3) is 5.92 Å². The van der Waals surface area contributed by atoms with Crippen LogP contribution in [0, 0.1) is 13.8 Å². The Hall–Kier alpha value is -3.43. The third kappa shape index (κ3) is 3.04. The van der Waals surface area contributed by atoms with Crippen LogP contribution < -0.4 is 4.90 Å². The lowest BCUT2D eigenvalue weighted by Crippen LogP contribution is -2.57. The van der Waals surface area contributed by atoms with Crippen molar-refractivity contribution < 1.29 is 8.78 Å². The van der Waals surface area contributed by atoms with Crippen LogP contribution in [-0.2, 0) is 7.05 Å². The molecule has 8 nitrogen and oxygen atoms in total. The SMILES string of the molecule is Cc1nc(C)n(-c2cc([C@@H]3C[C@H]3c3nc4ccccc4n3C)nc(N3CC(F)(F)C3)n2)n1. The van der Waals surface area contributed by atoms with Gasteiger partial charge in [-0.15, -0.1) is 5.10 Å². The summed E-state index contributed by atoms with van der Waals surface area (Å²) >= 11 is 0. The molecule has 1 aliphatic heterocycles. The maximum absolute atomic E-state index is 13.5. The summed E-state index contributed by atoms with van der Waals surface area (Å²) in [6.07, 6.45) is 0.901. The molecule has 1 saturated carbocycles. The molecular weight excluding hydrogens is 414 g/mol. The lowest BCUT2D eigenvalue weighted by Gasteiger charge is -2.38. The first-order chi connectivity index (χ1) is 15.3. The fourth-order valence-electron chi connectivity index (χ4n) is 4.57. The Bertz CT molecular complexity index is 1350. The monoisotopic (exact) mass is 436 g/mol. The van der Waals surface area contributed by atoms with Crippen LogP contribution in [-0.4, -0.2) is 53.3 Å². The zero-order chi connectivity index (χ0) is 22.2. The molecule has 1 aromatic carbocycles. The minimum absolute atomic E-state index is 0.151. The number of fused-ring (bicyclic) bond motifs is 1. The van der Waals surface area contributed by atoms with E-state index >= 15 is 0 Å². The highest BCUT2D eigenvalue weighted by Gasteiger charge is 2.47. The Kier molecular flexibility index (Phi) is 3.94. The van der Waals surface area contributed by atoms with Gasteiger partial charge >= 0.3 is 0 Å². The van der Waals surface area contributed by atoms with Crippen LogP contribution in [0.15, 0.2) is 30.3 Å². The normalized spacial score (nSPS) is 21.7. The van der Waals surface area contributed by atoms with Crippen molar-refractivity contribution in [1.29, 1.82) is 0 Å². The van der Waals surface area contributed by atoms with Crippen molar-refractivity contribution in [2.24, 2.45) is 7.05 Å². The van der Waals surface area contributed by atoms with E-state index in [2.05, 4.69) is 30.7 Å². The second-order valence-corrected chi connectivity index (χ2v) is 8.75. The quantitative estimate of drug-likeness (QED) is 0.489.